The standard InChI is InChI=1S/C10H18N2O3/c1-7(13)2-3-9(14)12-5-4-8(6-12)10(11)15/h7-8,13H,2-6H2,1H3,(H2,11,15). The van der Waals surface area contributed by atoms with Crippen LogP contribution in [0.15, 0.2) is 0 Å². The maximum Gasteiger partial charge on any atom is 0.222 e. The highest BCUT2D eigenvalue weighted by molar-refractivity contribution is 5.81. The van der Waals surface area contributed by atoms with Crippen molar-refractivity contribution in [1.82, 2.24) is 4.90 Å². The van der Waals surface area contributed by atoms with Crippen LogP contribution >= 0.6 is 0 Å². The van der Waals surface area contributed by atoms with Crippen LogP contribution in [0.3, 0.4) is 0 Å². The smallest absolute Gasteiger partial charge is 0.222 e. The Morgan fingerprint density at radius 1 is 1.60 bits per heavy atom. The van der Waals surface area contributed by atoms with E-state index in [1.54, 1.807) is 11.8 Å². The first kappa shape index (κ1) is 12.0. The molecule has 0 bridgehead atoms. The minimum absolute atomic E-state index is 0.000324. The monoisotopic (exact) mass is 214 g/mol. The van der Waals surface area contributed by atoms with Crippen LogP contribution < -0.4 is 5.73 Å². The number of primary amides is 1. The molecular formula is C10H18N2O3. The van der Waals surface area contributed by atoms with Gasteiger partial charge in [0.05, 0.1) is 12.0 Å². The van der Waals surface area contributed by atoms with Gasteiger partial charge in [-0.3, -0.25) is 9.59 Å². The van der Waals surface area contributed by atoms with Crippen LogP contribution in [0, 0.1) is 5.92 Å². The third-order valence-electron chi connectivity index (χ3n) is 2.72. The molecule has 1 aliphatic heterocycles. The topological polar surface area (TPSA) is 83.6 Å². The zero-order valence-electron chi connectivity index (χ0n) is 8.98. The summed E-state index contributed by atoms with van der Waals surface area (Å²) in [4.78, 5) is 24.1. The lowest BCUT2D eigenvalue weighted by Crippen LogP contribution is -2.31. The summed E-state index contributed by atoms with van der Waals surface area (Å²) in [6, 6.07) is 0. The molecule has 0 aromatic carbocycles. The summed E-state index contributed by atoms with van der Waals surface area (Å²) >= 11 is 0. The lowest BCUT2D eigenvalue weighted by Gasteiger charge is -2.16. The molecule has 2 amide bonds. The summed E-state index contributed by atoms with van der Waals surface area (Å²) < 4.78 is 0. The number of aliphatic hydroxyl groups is 1. The molecule has 2 atom stereocenters. The van der Waals surface area contributed by atoms with E-state index in [2.05, 4.69) is 0 Å². The number of hydrogen-bond donors (Lipinski definition) is 2. The maximum atomic E-state index is 11.6. The van der Waals surface area contributed by atoms with Crippen LogP contribution in [0.2, 0.25) is 0 Å². The highest BCUT2D eigenvalue weighted by Crippen LogP contribution is 2.17. The third-order valence-corrected chi connectivity index (χ3v) is 2.72. The fourth-order valence-corrected chi connectivity index (χ4v) is 1.71. The van der Waals surface area contributed by atoms with Crippen LogP contribution in [0.4, 0.5) is 0 Å². The Bertz CT molecular complexity index is 253. The Morgan fingerprint density at radius 2 is 2.27 bits per heavy atom. The van der Waals surface area contributed by atoms with E-state index < -0.39 is 6.10 Å². The average Bonchev–Trinajstić information content (AvgIpc) is 2.62. The van der Waals surface area contributed by atoms with Crippen LogP contribution in [0.1, 0.15) is 26.2 Å². The second kappa shape index (κ2) is 5.11. The van der Waals surface area contributed by atoms with E-state index in [9.17, 15) is 9.59 Å². The fourth-order valence-electron chi connectivity index (χ4n) is 1.71. The minimum atomic E-state index is -0.455. The van der Waals surface area contributed by atoms with Crippen molar-refractivity contribution in [3.05, 3.63) is 0 Å². The van der Waals surface area contributed by atoms with Crippen molar-refractivity contribution >= 4 is 11.8 Å². The summed E-state index contributed by atoms with van der Waals surface area (Å²) in [5, 5.41) is 9.04. The SMILES string of the molecule is CC(O)CCC(=O)N1CCC(C(N)=O)C1. The summed E-state index contributed by atoms with van der Waals surface area (Å²) in [7, 11) is 0. The Balaban J connectivity index is 2.33. The molecule has 3 N–H and O–H groups in total. The van der Waals surface area contributed by atoms with Gasteiger partial charge in [-0.05, 0) is 19.8 Å². The molecule has 0 radical (unpaired) electrons. The first-order valence-corrected chi connectivity index (χ1v) is 5.26. The molecule has 0 aromatic rings. The number of nitrogens with two attached hydrogens (primary N) is 1. The van der Waals surface area contributed by atoms with Gasteiger partial charge in [-0.1, -0.05) is 0 Å². The number of nitrogens with zero attached hydrogens (tertiary/aromatic N) is 1. The van der Waals surface area contributed by atoms with Gasteiger partial charge in [-0.15, -0.1) is 0 Å². The number of rotatable bonds is 4. The molecule has 0 spiro atoms. The molecular weight excluding hydrogens is 196 g/mol. The van der Waals surface area contributed by atoms with Crippen molar-refractivity contribution in [2.45, 2.75) is 32.3 Å². The molecule has 0 aliphatic carbocycles. The van der Waals surface area contributed by atoms with E-state index >= 15 is 0 Å². The Morgan fingerprint density at radius 3 is 2.73 bits per heavy atom. The van der Waals surface area contributed by atoms with Crippen molar-refractivity contribution in [3.63, 3.8) is 0 Å². The zero-order valence-corrected chi connectivity index (χ0v) is 8.98. The van der Waals surface area contributed by atoms with E-state index in [0.717, 1.165) is 0 Å². The minimum Gasteiger partial charge on any atom is -0.393 e. The highest BCUT2D eigenvalue weighted by Gasteiger charge is 2.29. The summed E-state index contributed by atoms with van der Waals surface area (Å²) in [6.07, 6.45) is 1.01. The van der Waals surface area contributed by atoms with Gasteiger partial charge in [0.25, 0.3) is 0 Å². The van der Waals surface area contributed by atoms with Crippen LogP contribution in [0.5, 0.6) is 0 Å². The predicted octanol–water partition coefficient (Wildman–Crippen LogP) is -0.519. The van der Waals surface area contributed by atoms with Gasteiger partial charge in [0, 0.05) is 19.5 Å². The zero-order chi connectivity index (χ0) is 11.4. The van der Waals surface area contributed by atoms with Gasteiger partial charge >= 0.3 is 0 Å². The van der Waals surface area contributed by atoms with Crippen LogP contribution in [0.25, 0.3) is 0 Å². The quantitative estimate of drug-likeness (QED) is 0.660. The van der Waals surface area contributed by atoms with E-state index in [4.69, 9.17) is 10.8 Å². The van der Waals surface area contributed by atoms with E-state index in [-0.39, 0.29) is 17.7 Å². The molecule has 1 heterocycles. The van der Waals surface area contributed by atoms with Crippen molar-refractivity contribution in [1.29, 1.82) is 0 Å². The Kier molecular flexibility index (Phi) is 4.08. The molecule has 1 fully saturated rings. The summed E-state index contributed by atoms with van der Waals surface area (Å²) in [5.41, 5.74) is 5.17. The molecule has 0 saturated carbocycles. The number of aliphatic hydroxyl groups excluding tert-OH is 1. The number of hydrogen-bond acceptors (Lipinski definition) is 3. The normalized spacial score (nSPS) is 22.8. The van der Waals surface area contributed by atoms with E-state index in [1.807, 2.05) is 0 Å². The second-order valence-corrected chi connectivity index (χ2v) is 4.12. The Hall–Kier alpha value is -1.10. The van der Waals surface area contributed by atoms with E-state index in [0.29, 0.717) is 32.4 Å². The van der Waals surface area contributed by atoms with Crippen molar-refractivity contribution in [3.8, 4) is 0 Å². The summed E-state index contributed by atoms with van der Waals surface area (Å²) in [6.45, 7) is 2.70. The molecule has 5 nitrogen and oxygen atoms in total. The van der Waals surface area contributed by atoms with Gasteiger partial charge in [0.2, 0.25) is 11.8 Å². The lowest BCUT2D eigenvalue weighted by atomic mass is 10.1. The van der Waals surface area contributed by atoms with Crippen molar-refractivity contribution in [2.75, 3.05) is 13.1 Å². The van der Waals surface area contributed by atoms with Gasteiger partial charge in [-0.2, -0.15) is 0 Å². The molecule has 86 valence electrons. The first-order chi connectivity index (χ1) is 7.00. The number of carbonyl (C=O) groups is 2. The van der Waals surface area contributed by atoms with Crippen molar-refractivity contribution in [2.24, 2.45) is 11.7 Å². The number of carbonyl (C=O) groups excluding carboxylic acids is 2. The van der Waals surface area contributed by atoms with Gasteiger partial charge in [0.1, 0.15) is 0 Å². The molecule has 1 aliphatic rings. The van der Waals surface area contributed by atoms with Gasteiger partial charge < -0.3 is 15.7 Å². The first-order valence-electron chi connectivity index (χ1n) is 5.26. The maximum absolute atomic E-state index is 11.6. The molecule has 2 unspecified atom stereocenters. The second-order valence-electron chi connectivity index (χ2n) is 4.12. The average molecular weight is 214 g/mol. The van der Waals surface area contributed by atoms with Crippen LogP contribution in [-0.4, -0.2) is 41.0 Å². The molecule has 1 saturated heterocycles. The number of likely N-dealkylation sites (tertiary alicyclic amines) is 1. The highest BCUT2D eigenvalue weighted by atomic mass is 16.3. The van der Waals surface area contributed by atoms with Gasteiger partial charge in [-0.25, -0.2) is 0 Å². The number of amides is 2. The molecule has 1 rings (SSSR count). The molecule has 0 aromatic heterocycles. The fraction of sp³-hybridized carbons (Fsp3) is 0.800. The summed E-state index contributed by atoms with van der Waals surface area (Å²) in [5.74, 6) is -0.527. The van der Waals surface area contributed by atoms with Crippen molar-refractivity contribution < 1.29 is 14.7 Å². The van der Waals surface area contributed by atoms with Crippen LogP contribution in [-0.2, 0) is 9.59 Å². The molecule has 15 heavy (non-hydrogen) atoms. The third kappa shape index (κ3) is 3.51. The Labute approximate surface area is 89.2 Å². The van der Waals surface area contributed by atoms with Gasteiger partial charge in [0.15, 0.2) is 0 Å². The predicted molar refractivity (Wildman–Crippen MR) is 54.8 cm³/mol. The lowest BCUT2D eigenvalue weighted by molar-refractivity contribution is -0.131. The largest absolute Gasteiger partial charge is 0.393 e. The van der Waals surface area contributed by atoms with E-state index in [1.165, 1.54) is 0 Å². The molecule has 5 heteroatoms.